The van der Waals surface area contributed by atoms with Gasteiger partial charge in [0.1, 0.15) is 11.6 Å². The minimum absolute atomic E-state index is 0.0625. The molecule has 0 aliphatic rings. The van der Waals surface area contributed by atoms with Gasteiger partial charge in [-0.1, -0.05) is 30.3 Å². The number of carbonyl (C=O) groups excluding carboxylic acids is 3. The standard InChI is InChI=1S/C8H8O.C5H8O2/c1-7(9)8-5-3-2-4-6-8;1-4(6)3-5(2)7/h2-6H,1H3;3H2,1-2H3. The van der Waals surface area contributed by atoms with Crippen LogP contribution in [0.15, 0.2) is 30.3 Å². The van der Waals surface area contributed by atoms with E-state index in [0.29, 0.717) is 0 Å². The van der Waals surface area contributed by atoms with E-state index in [4.69, 9.17) is 0 Å². The van der Waals surface area contributed by atoms with E-state index in [2.05, 4.69) is 0 Å². The molecule has 0 radical (unpaired) electrons. The first kappa shape index (κ1) is 14.2. The van der Waals surface area contributed by atoms with Crippen LogP contribution in [0, 0.1) is 0 Å². The van der Waals surface area contributed by atoms with Crippen LogP contribution in [0.2, 0.25) is 0 Å². The molecule has 0 aromatic heterocycles. The van der Waals surface area contributed by atoms with Crippen molar-refractivity contribution in [3.05, 3.63) is 35.9 Å². The highest BCUT2D eigenvalue weighted by molar-refractivity contribution is 5.96. The minimum Gasteiger partial charge on any atom is -0.300 e. The highest BCUT2D eigenvalue weighted by atomic mass is 16.1. The number of carbonyl (C=O) groups is 3. The summed E-state index contributed by atoms with van der Waals surface area (Å²) in [6.45, 7) is 4.37. The molecular weight excluding hydrogens is 204 g/mol. The molecule has 0 aliphatic heterocycles. The molecule has 0 spiro atoms. The molecule has 3 nitrogen and oxygen atoms in total. The molecule has 0 heterocycles. The van der Waals surface area contributed by atoms with Crippen molar-refractivity contribution in [1.82, 2.24) is 0 Å². The largest absolute Gasteiger partial charge is 0.300 e. The van der Waals surface area contributed by atoms with Gasteiger partial charge in [-0.15, -0.1) is 0 Å². The van der Waals surface area contributed by atoms with E-state index in [1.165, 1.54) is 13.8 Å². The Morgan fingerprint density at radius 1 is 0.875 bits per heavy atom. The number of hydrogen-bond donors (Lipinski definition) is 0. The lowest BCUT2D eigenvalue weighted by Crippen LogP contribution is -1.97. The molecule has 0 bridgehead atoms. The quantitative estimate of drug-likeness (QED) is 0.580. The molecule has 1 aromatic carbocycles. The van der Waals surface area contributed by atoms with Gasteiger partial charge >= 0.3 is 0 Å². The number of rotatable bonds is 3. The Morgan fingerprint density at radius 2 is 1.31 bits per heavy atom. The smallest absolute Gasteiger partial charge is 0.159 e. The highest BCUT2D eigenvalue weighted by Crippen LogP contribution is 1.97. The Labute approximate surface area is 95.5 Å². The average molecular weight is 220 g/mol. The zero-order valence-electron chi connectivity index (χ0n) is 9.82. The SMILES string of the molecule is CC(=O)CC(C)=O.CC(=O)c1ccccc1. The van der Waals surface area contributed by atoms with Gasteiger partial charge in [0.2, 0.25) is 0 Å². The number of hydrogen-bond acceptors (Lipinski definition) is 3. The second kappa shape index (κ2) is 7.51. The first-order chi connectivity index (χ1) is 7.43. The van der Waals surface area contributed by atoms with E-state index in [1.807, 2.05) is 30.3 Å². The fourth-order valence-corrected chi connectivity index (χ4v) is 1.02. The predicted octanol–water partition coefficient (Wildman–Crippen LogP) is 2.44. The van der Waals surface area contributed by atoms with Crippen LogP contribution >= 0.6 is 0 Å². The lowest BCUT2D eigenvalue weighted by molar-refractivity contribution is -0.124. The van der Waals surface area contributed by atoms with Crippen molar-refractivity contribution in [2.45, 2.75) is 27.2 Å². The second-order valence-corrected chi connectivity index (χ2v) is 3.50. The van der Waals surface area contributed by atoms with Crippen LogP contribution in [-0.2, 0) is 9.59 Å². The molecule has 0 saturated heterocycles. The average Bonchev–Trinajstić information content (AvgIpc) is 2.17. The van der Waals surface area contributed by atoms with Crippen LogP contribution in [0.25, 0.3) is 0 Å². The Morgan fingerprint density at radius 3 is 1.50 bits per heavy atom. The lowest BCUT2D eigenvalue weighted by atomic mass is 10.2. The number of benzene rings is 1. The summed E-state index contributed by atoms with van der Waals surface area (Å²) in [5, 5.41) is 0. The van der Waals surface area contributed by atoms with Gasteiger partial charge in [-0.25, -0.2) is 0 Å². The van der Waals surface area contributed by atoms with Crippen molar-refractivity contribution in [1.29, 1.82) is 0 Å². The first-order valence-electron chi connectivity index (χ1n) is 4.98. The second-order valence-electron chi connectivity index (χ2n) is 3.50. The summed E-state index contributed by atoms with van der Waals surface area (Å²) in [4.78, 5) is 30.7. The van der Waals surface area contributed by atoms with Crippen LogP contribution in [0.1, 0.15) is 37.6 Å². The predicted molar refractivity (Wildman–Crippen MR) is 62.4 cm³/mol. The number of ketones is 3. The molecule has 0 N–H and O–H groups in total. The molecule has 0 saturated carbocycles. The molecule has 86 valence electrons. The zero-order valence-corrected chi connectivity index (χ0v) is 9.82. The Bertz CT molecular complexity index is 354. The Kier molecular flexibility index (Phi) is 6.68. The monoisotopic (exact) mass is 220 g/mol. The third kappa shape index (κ3) is 7.62. The molecular formula is C13H16O3. The summed E-state index contributed by atoms with van der Waals surface area (Å²) in [5.41, 5.74) is 0.775. The molecule has 0 unspecified atom stereocenters. The summed E-state index contributed by atoms with van der Waals surface area (Å²) in [7, 11) is 0. The van der Waals surface area contributed by atoms with Crippen molar-refractivity contribution in [2.75, 3.05) is 0 Å². The summed E-state index contributed by atoms with van der Waals surface area (Å²) < 4.78 is 0. The Hall–Kier alpha value is -1.77. The summed E-state index contributed by atoms with van der Waals surface area (Å²) in [5.74, 6) is -0.00407. The first-order valence-corrected chi connectivity index (χ1v) is 4.98. The van der Waals surface area contributed by atoms with Gasteiger partial charge in [-0.2, -0.15) is 0 Å². The molecule has 1 aromatic rings. The van der Waals surface area contributed by atoms with Crippen molar-refractivity contribution in [2.24, 2.45) is 0 Å². The lowest BCUT2D eigenvalue weighted by Gasteiger charge is -1.89. The third-order valence-electron chi connectivity index (χ3n) is 1.68. The van der Waals surface area contributed by atoms with E-state index in [-0.39, 0.29) is 23.8 Å². The summed E-state index contributed by atoms with van der Waals surface area (Å²) >= 11 is 0. The van der Waals surface area contributed by atoms with Crippen LogP contribution in [-0.4, -0.2) is 17.3 Å². The Balaban J connectivity index is 0.000000293. The van der Waals surface area contributed by atoms with Gasteiger partial charge < -0.3 is 0 Å². The molecule has 0 atom stereocenters. The van der Waals surface area contributed by atoms with Gasteiger partial charge in [0.05, 0.1) is 6.42 Å². The van der Waals surface area contributed by atoms with Gasteiger partial charge in [-0.05, 0) is 20.8 Å². The fraction of sp³-hybridized carbons (Fsp3) is 0.308. The topological polar surface area (TPSA) is 51.2 Å². The van der Waals surface area contributed by atoms with Crippen LogP contribution in [0.3, 0.4) is 0 Å². The van der Waals surface area contributed by atoms with E-state index in [9.17, 15) is 14.4 Å². The normalized spacial score (nSPS) is 8.69. The van der Waals surface area contributed by atoms with E-state index in [1.54, 1.807) is 6.92 Å². The van der Waals surface area contributed by atoms with Crippen molar-refractivity contribution in [3.8, 4) is 0 Å². The van der Waals surface area contributed by atoms with Crippen molar-refractivity contribution >= 4 is 17.3 Å². The molecule has 16 heavy (non-hydrogen) atoms. The maximum atomic E-state index is 10.6. The van der Waals surface area contributed by atoms with Crippen LogP contribution in [0.5, 0.6) is 0 Å². The van der Waals surface area contributed by atoms with Crippen LogP contribution < -0.4 is 0 Å². The molecule has 0 amide bonds. The maximum absolute atomic E-state index is 10.6. The molecule has 0 fully saturated rings. The zero-order chi connectivity index (χ0) is 12.6. The third-order valence-corrected chi connectivity index (χ3v) is 1.68. The van der Waals surface area contributed by atoms with E-state index >= 15 is 0 Å². The number of Topliss-reactive ketones (excluding diaryl/α,β-unsaturated/α-hetero) is 3. The van der Waals surface area contributed by atoms with Gasteiger partial charge in [0.15, 0.2) is 5.78 Å². The summed E-state index contributed by atoms with van der Waals surface area (Å²) in [6, 6.07) is 9.23. The van der Waals surface area contributed by atoms with Crippen molar-refractivity contribution < 1.29 is 14.4 Å². The fourth-order valence-electron chi connectivity index (χ4n) is 1.02. The summed E-state index contributed by atoms with van der Waals surface area (Å²) in [6.07, 6.45) is 0.0833. The van der Waals surface area contributed by atoms with Crippen molar-refractivity contribution in [3.63, 3.8) is 0 Å². The van der Waals surface area contributed by atoms with Gasteiger partial charge in [-0.3, -0.25) is 14.4 Å². The minimum atomic E-state index is -0.0625. The highest BCUT2D eigenvalue weighted by Gasteiger charge is 1.94. The van der Waals surface area contributed by atoms with Crippen LogP contribution in [0.4, 0.5) is 0 Å². The maximum Gasteiger partial charge on any atom is 0.159 e. The van der Waals surface area contributed by atoms with Gasteiger partial charge in [0.25, 0.3) is 0 Å². The van der Waals surface area contributed by atoms with E-state index < -0.39 is 0 Å². The van der Waals surface area contributed by atoms with E-state index in [0.717, 1.165) is 5.56 Å². The molecule has 3 heteroatoms. The van der Waals surface area contributed by atoms with Gasteiger partial charge in [0, 0.05) is 5.56 Å². The molecule has 0 aliphatic carbocycles. The molecule has 1 rings (SSSR count).